The highest BCUT2D eigenvalue weighted by molar-refractivity contribution is 5.83. The second-order valence-corrected chi connectivity index (χ2v) is 3.39. The van der Waals surface area contributed by atoms with E-state index >= 15 is 0 Å². The third kappa shape index (κ3) is 3.71. The van der Waals surface area contributed by atoms with Crippen LogP contribution in [0.5, 0.6) is 0 Å². The van der Waals surface area contributed by atoms with E-state index in [1.54, 1.807) is 4.90 Å². The van der Waals surface area contributed by atoms with E-state index in [0.717, 1.165) is 6.42 Å². The zero-order valence-corrected chi connectivity index (χ0v) is 8.71. The fourth-order valence-corrected chi connectivity index (χ4v) is 1.46. The van der Waals surface area contributed by atoms with Gasteiger partial charge in [-0.2, -0.15) is 0 Å². The van der Waals surface area contributed by atoms with Crippen LogP contribution in [0.3, 0.4) is 0 Å². The van der Waals surface area contributed by atoms with E-state index in [0.29, 0.717) is 13.2 Å². The maximum atomic E-state index is 11.7. The molecule has 0 saturated carbocycles. The summed E-state index contributed by atoms with van der Waals surface area (Å²) < 4.78 is 28.1. The highest BCUT2D eigenvalue weighted by Crippen LogP contribution is 2.05. The summed E-state index contributed by atoms with van der Waals surface area (Å²) in [5.41, 5.74) is 0. The lowest BCUT2D eigenvalue weighted by Crippen LogP contribution is -2.32. The Labute approximate surface area is 87.6 Å². The van der Waals surface area contributed by atoms with Crippen LogP contribution in [0.1, 0.15) is 13.3 Å². The number of amides is 1. The largest absolute Gasteiger partial charge is 0.374 e. The van der Waals surface area contributed by atoms with E-state index in [1.165, 1.54) is 0 Å². The number of ether oxygens (including phenoxy) is 1. The molecule has 0 radical (unpaired) electrons. The normalized spacial score (nSPS) is 21.7. The number of carbonyl (C=O) groups is 1. The third-order valence-corrected chi connectivity index (χ3v) is 2.30. The van der Waals surface area contributed by atoms with E-state index < -0.39 is 13.0 Å². The molecule has 0 aromatic heterocycles. The Bertz CT molecular complexity index is 214. The second kappa shape index (κ2) is 5.97. The van der Waals surface area contributed by atoms with Gasteiger partial charge in [-0.3, -0.25) is 10.1 Å². The molecule has 1 heterocycles. The molecule has 1 saturated heterocycles. The van der Waals surface area contributed by atoms with Crippen LogP contribution >= 0.6 is 0 Å². The summed E-state index contributed by atoms with van der Waals surface area (Å²) in [7, 11) is 0. The van der Waals surface area contributed by atoms with Crippen molar-refractivity contribution in [3.8, 4) is 0 Å². The number of alkyl halides is 2. The summed E-state index contributed by atoms with van der Waals surface area (Å²) in [4.78, 5) is 13.1. The first-order chi connectivity index (χ1) is 7.15. The summed E-state index contributed by atoms with van der Waals surface area (Å²) >= 11 is 0. The highest BCUT2D eigenvalue weighted by atomic mass is 19.3. The van der Waals surface area contributed by atoms with Gasteiger partial charge in [-0.05, 0) is 6.42 Å². The monoisotopic (exact) mass is 222 g/mol. The minimum Gasteiger partial charge on any atom is -0.374 e. The Kier molecular flexibility index (Phi) is 4.90. The quantitative estimate of drug-likeness (QED) is 0.663. The number of rotatable bonds is 6. The van der Waals surface area contributed by atoms with E-state index in [4.69, 9.17) is 4.74 Å². The molecule has 1 aliphatic heterocycles. The number of hydrogen-bond acceptors (Lipinski definition) is 3. The van der Waals surface area contributed by atoms with Crippen LogP contribution in [-0.2, 0) is 9.53 Å². The number of hydrogen-bond donors (Lipinski definition) is 1. The van der Waals surface area contributed by atoms with Crippen molar-refractivity contribution in [1.82, 2.24) is 10.2 Å². The van der Waals surface area contributed by atoms with Gasteiger partial charge >= 0.3 is 0 Å². The average molecular weight is 222 g/mol. The molecule has 88 valence electrons. The Morgan fingerprint density at radius 2 is 2.40 bits per heavy atom. The molecule has 15 heavy (non-hydrogen) atoms. The molecule has 1 aliphatic rings. The fourth-order valence-electron chi connectivity index (χ4n) is 1.46. The van der Waals surface area contributed by atoms with Crippen molar-refractivity contribution in [3.05, 3.63) is 0 Å². The zero-order valence-electron chi connectivity index (χ0n) is 8.71. The summed E-state index contributed by atoms with van der Waals surface area (Å²) in [6.07, 6.45) is -1.70. The molecule has 0 bridgehead atoms. The molecule has 0 aromatic carbocycles. The second-order valence-electron chi connectivity index (χ2n) is 3.39. The van der Waals surface area contributed by atoms with Crippen LogP contribution in [0.15, 0.2) is 0 Å². The van der Waals surface area contributed by atoms with E-state index in [-0.39, 0.29) is 18.6 Å². The molecule has 4 nitrogen and oxygen atoms in total. The predicted octanol–water partition coefficient (Wildman–Crippen LogP) is 0.436. The lowest BCUT2D eigenvalue weighted by Gasteiger charge is -2.14. The lowest BCUT2D eigenvalue weighted by molar-refractivity contribution is -0.129. The molecule has 0 aromatic rings. The summed E-state index contributed by atoms with van der Waals surface area (Å²) in [6, 6.07) is -0.125. The maximum absolute atomic E-state index is 11.7. The van der Waals surface area contributed by atoms with Crippen LogP contribution in [-0.4, -0.2) is 49.7 Å². The number of halogens is 2. The summed E-state index contributed by atoms with van der Waals surface area (Å²) in [6.45, 7) is 2.37. The Morgan fingerprint density at radius 3 is 2.93 bits per heavy atom. The first-order valence-corrected chi connectivity index (χ1v) is 5.03. The minimum atomic E-state index is -2.44. The first kappa shape index (κ1) is 12.3. The number of nitrogens with one attached hydrogen (secondary N) is 1. The fraction of sp³-hybridized carbons (Fsp3) is 0.889. The van der Waals surface area contributed by atoms with Gasteiger partial charge in [0.15, 0.2) is 0 Å². The van der Waals surface area contributed by atoms with E-state index in [2.05, 4.69) is 5.32 Å². The van der Waals surface area contributed by atoms with Gasteiger partial charge in [0.2, 0.25) is 5.91 Å². The minimum absolute atomic E-state index is 0.0261. The summed E-state index contributed by atoms with van der Waals surface area (Å²) in [5, 5.41) is 3.03. The Morgan fingerprint density at radius 1 is 1.67 bits per heavy atom. The molecular weight excluding hydrogens is 206 g/mol. The number of nitrogens with zero attached hydrogens (tertiary/aromatic N) is 1. The van der Waals surface area contributed by atoms with Crippen LogP contribution in [0.2, 0.25) is 0 Å². The maximum Gasteiger partial charge on any atom is 0.261 e. The molecule has 1 N–H and O–H groups in total. The van der Waals surface area contributed by atoms with Gasteiger partial charge in [0.25, 0.3) is 6.43 Å². The van der Waals surface area contributed by atoms with Crippen molar-refractivity contribution < 1.29 is 18.3 Å². The SMILES string of the molecule is CCC1NCN(CCOCC(F)F)C1=O. The van der Waals surface area contributed by atoms with Crippen molar-refractivity contribution >= 4 is 5.91 Å². The molecule has 6 heteroatoms. The Balaban J connectivity index is 2.15. The molecular formula is C9H16F2N2O2. The van der Waals surface area contributed by atoms with Crippen molar-refractivity contribution in [3.63, 3.8) is 0 Å². The van der Waals surface area contributed by atoms with Crippen LogP contribution in [0, 0.1) is 0 Å². The van der Waals surface area contributed by atoms with Gasteiger partial charge in [0.1, 0.15) is 6.61 Å². The lowest BCUT2D eigenvalue weighted by atomic mass is 10.2. The van der Waals surface area contributed by atoms with Crippen molar-refractivity contribution in [2.24, 2.45) is 0 Å². The zero-order chi connectivity index (χ0) is 11.3. The van der Waals surface area contributed by atoms with Gasteiger partial charge < -0.3 is 9.64 Å². The van der Waals surface area contributed by atoms with E-state index in [9.17, 15) is 13.6 Å². The molecule has 1 fully saturated rings. The van der Waals surface area contributed by atoms with Crippen molar-refractivity contribution in [2.45, 2.75) is 25.8 Å². The molecule has 1 unspecified atom stereocenters. The average Bonchev–Trinajstić information content (AvgIpc) is 2.54. The van der Waals surface area contributed by atoms with Crippen molar-refractivity contribution in [1.29, 1.82) is 0 Å². The number of carbonyl (C=O) groups excluding carboxylic acids is 1. The molecule has 0 spiro atoms. The molecule has 0 aliphatic carbocycles. The topological polar surface area (TPSA) is 41.6 Å². The third-order valence-electron chi connectivity index (χ3n) is 2.30. The highest BCUT2D eigenvalue weighted by Gasteiger charge is 2.28. The van der Waals surface area contributed by atoms with Gasteiger partial charge in [0.05, 0.1) is 19.3 Å². The molecule has 1 amide bonds. The van der Waals surface area contributed by atoms with Gasteiger partial charge in [0, 0.05) is 6.54 Å². The molecule has 1 rings (SSSR count). The van der Waals surface area contributed by atoms with Gasteiger partial charge in [-0.1, -0.05) is 6.92 Å². The van der Waals surface area contributed by atoms with Crippen molar-refractivity contribution in [2.75, 3.05) is 26.4 Å². The van der Waals surface area contributed by atoms with Crippen LogP contribution in [0.4, 0.5) is 8.78 Å². The van der Waals surface area contributed by atoms with Crippen LogP contribution in [0.25, 0.3) is 0 Å². The standard InChI is InChI=1S/C9H16F2N2O2/c1-2-7-9(14)13(6-12-7)3-4-15-5-8(10)11/h7-8,12H,2-6H2,1H3. The van der Waals surface area contributed by atoms with Gasteiger partial charge in [-0.25, -0.2) is 8.78 Å². The summed E-state index contributed by atoms with van der Waals surface area (Å²) in [5.74, 6) is 0.0261. The molecule has 1 atom stereocenters. The Hall–Kier alpha value is -0.750. The smallest absolute Gasteiger partial charge is 0.261 e. The predicted molar refractivity (Wildman–Crippen MR) is 50.6 cm³/mol. The first-order valence-electron chi connectivity index (χ1n) is 5.03. The van der Waals surface area contributed by atoms with Crippen LogP contribution < -0.4 is 5.32 Å². The van der Waals surface area contributed by atoms with Gasteiger partial charge in [-0.15, -0.1) is 0 Å². The van der Waals surface area contributed by atoms with E-state index in [1.807, 2.05) is 6.92 Å².